The molecule has 1 heterocycles. The second kappa shape index (κ2) is 7.67. The first kappa shape index (κ1) is 18.7. The number of aryl methyl sites for hydroxylation is 2. The van der Waals surface area contributed by atoms with Gasteiger partial charge in [-0.2, -0.15) is 0 Å². The third kappa shape index (κ3) is 3.56. The number of rotatable bonds is 7. The normalized spacial score (nSPS) is 13.2. The number of hydrogen-bond donors (Lipinski definition) is 1. The van der Waals surface area contributed by atoms with E-state index in [1.807, 2.05) is 50.2 Å². The van der Waals surface area contributed by atoms with Crippen molar-refractivity contribution in [3.05, 3.63) is 65.4 Å². The third-order valence-electron chi connectivity index (χ3n) is 5.06. The monoisotopic (exact) mass is 369 g/mol. The van der Waals surface area contributed by atoms with E-state index in [1.165, 1.54) is 0 Å². The van der Waals surface area contributed by atoms with Crippen LogP contribution < -0.4 is 0 Å². The highest BCUT2D eigenvalue weighted by molar-refractivity contribution is 7.91. The molecule has 0 aliphatic heterocycles. The van der Waals surface area contributed by atoms with Crippen LogP contribution in [-0.2, 0) is 9.84 Å². The van der Waals surface area contributed by atoms with Crippen LogP contribution in [0.1, 0.15) is 54.7 Å². The molecule has 0 radical (unpaired) electrons. The van der Waals surface area contributed by atoms with E-state index in [4.69, 9.17) is 0 Å². The molecule has 3 nitrogen and oxygen atoms in total. The number of fused-ring (bicyclic) bond motifs is 1. The number of sulfone groups is 1. The number of nitrogens with one attached hydrogen (secondary N) is 1. The fraction of sp³-hybridized carbons (Fsp3) is 0.364. The van der Waals surface area contributed by atoms with E-state index in [1.54, 1.807) is 12.1 Å². The Morgan fingerprint density at radius 2 is 1.65 bits per heavy atom. The molecule has 138 valence electrons. The summed E-state index contributed by atoms with van der Waals surface area (Å²) in [5.41, 5.74) is 3.94. The van der Waals surface area contributed by atoms with E-state index in [-0.39, 0.29) is 0 Å². The molecule has 4 heteroatoms. The molecule has 0 spiro atoms. The van der Waals surface area contributed by atoms with Gasteiger partial charge in [-0.15, -0.1) is 0 Å². The highest BCUT2D eigenvalue weighted by atomic mass is 32.2. The summed E-state index contributed by atoms with van der Waals surface area (Å²) in [4.78, 5) is 3.78. The summed E-state index contributed by atoms with van der Waals surface area (Å²) in [6, 6.07) is 15.2. The fourth-order valence-electron chi connectivity index (χ4n) is 3.64. The van der Waals surface area contributed by atoms with Gasteiger partial charge in [0.1, 0.15) is 0 Å². The van der Waals surface area contributed by atoms with Gasteiger partial charge in [-0.05, 0) is 44.0 Å². The number of H-pyrrole nitrogens is 1. The number of aromatic nitrogens is 1. The van der Waals surface area contributed by atoms with Crippen molar-refractivity contribution in [2.45, 2.75) is 56.6 Å². The zero-order valence-electron chi connectivity index (χ0n) is 15.7. The Bertz CT molecular complexity index is 985. The van der Waals surface area contributed by atoms with Gasteiger partial charge in [-0.3, -0.25) is 0 Å². The Balaban J connectivity index is 2.13. The Morgan fingerprint density at radius 1 is 0.962 bits per heavy atom. The molecule has 1 unspecified atom stereocenters. The highest BCUT2D eigenvalue weighted by Gasteiger charge is 2.32. The molecule has 0 aliphatic carbocycles. The lowest BCUT2D eigenvalue weighted by Crippen LogP contribution is -2.15. The van der Waals surface area contributed by atoms with Crippen LogP contribution in [0.3, 0.4) is 0 Å². The molecule has 1 atom stereocenters. The molecule has 26 heavy (non-hydrogen) atoms. The van der Waals surface area contributed by atoms with Gasteiger partial charge in [0.15, 0.2) is 9.84 Å². The van der Waals surface area contributed by atoms with E-state index < -0.39 is 15.1 Å². The van der Waals surface area contributed by atoms with Crippen LogP contribution in [0, 0.1) is 13.8 Å². The molecular formula is C22H27NO2S. The molecule has 3 rings (SSSR count). The number of unbranched alkanes of at least 4 members (excludes halogenated alkanes) is 2. The molecule has 0 saturated heterocycles. The van der Waals surface area contributed by atoms with Crippen LogP contribution in [0.2, 0.25) is 0 Å². The molecular weight excluding hydrogens is 342 g/mol. The minimum absolute atomic E-state index is 0.411. The standard InChI is InChI=1S/C22H27NO2S/c1-4-5-6-11-21(26(24,25)18-14-12-16(2)13-15-18)22-17(3)23-20-10-8-7-9-19(20)22/h7-10,12-15,21,23H,4-6,11H2,1-3H3. The second-order valence-corrected chi connectivity index (χ2v) is 9.18. The van der Waals surface area contributed by atoms with Crippen molar-refractivity contribution >= 4 is 20.7 Å². The molecule has 0 amide bonds. The summed E-state index contributed by atoms with van der Waals surface area (Å²) in [6.07, 6.45) is 3.67. The Hall–Kier alpha value is -2.07. The number of benzene rings is 2. The Kier molecular flexibility index (Phi) is 5.52. The highest BCUT2D eigenvalue weighted by Crippen LogP contribution is 2.39. The molecule has 0 saturated carbocycles. The first-order valence-electron chi connectivity index (χ1n) is 9.33. The Morgan fingerprint density at radius 3 is 2.35 bits per heavy atom. The van der Waals surface area contributed by atoms with Crippen molar-refractivity contribution in [2.75, 3.05) is 0 Å². The minimum atomic E-state index is -3.46. The van der Waals surface area contributed by atoms with Gasteiger partial charge < -0.3 is 4.98 Å². The maximum atomic E-state index is 13.5. The summed E-state index contributed by atoms with van der Waals surface area (Å²) >= 11 is 0. The van der Waals surface area contributed by atoms with Crippen LogP contribution in [-0.4, -0.2) is 13.4 Å². The zero-order valence-corrected chi connectivity index (χ0v) is 16.6. The fourth-order valence-corrected chi connectivity index (χ4v) is 5.57. The molecule has 0 aliphatic rings. The summed E-state index contributed by atoms with van der Waals surface area (Å²) < 4.78 is 27.0. The van der Waals surface area contributed by atoms with Crippen LogP contribution >= 0.6 is 0 Å². The van der Waals surface area contributed by atoms with Crippen molar-refractivity contribution < 1.29 is 8.42 Å². The van der Waals surface area contributed by atoms with E-state index in [0.29, 0.717) is 11.3 Å². The van der Waals surface area contributed by atoms with Gasteiger partial charge in [-0.25, -0.2) is 8.42 Å². The van der Waals surface area contributed by atoms with E-state index in [2.05, 4.69) is 11.9 Å². The van der Waals surface area contributed by atoms with Gasteiger partial charge in [0.2, 0.25) is 0 Å². The maximum Gasteiger partial charge on any atom is 0.185 e. The first-order chi connectivity index (χ1) is 12.4. The molecule has 1 N–H and O–H groups in total. The average Bonchev–Trinajstić information content (AvgIpc) is 2.95. The predicted molar refractivity (Wildman–Crippen MR) is 108 cm³/mol. The summed E-state index contributed by atoms with van der Waals surface area (Å²) in [5.74, 6) is 0. The summed E-state index contributed by atoms with van der Waals surface area (Å²) in [7, 11) is -3.46. The minimum Gasteiger partial charge on any atom is -0.358 e. The Labute approximate surface area is 156 Å². The average molecular weight is 370 g/mol. The first-order valence-corrected chi connectivity index (χ1v) is 10.9. The van der Waals surface area contributed by atoms with Crippen LogP contribution in [0.5, 0.6) is 0 Å². The summed E-state index contributed by atoms with van der Waals surface area (Å²) in [5, 5.41) is 0.495. The number of para-hydroxylation sites is 1. The van der Waals surface area contributed by atoms with Crippen molar-refractivity contribution in [3.63, 3.8) is 0 Å². The van der Waals surface area contributed by atoms with Crippen molar-refractivity contribution in [2.24, 2.45) is 0 Å². The SMILES string of the molecule is CCCCCC(c1c(C)[nH]c2ccccc12)S(=O)(=O)c1ccc(C)cc1. The van der Waals surface area contributed by atoms with Gasteiger partial charge in [0.05, 0.1) is 10.1 Å². The smallest absolute Gasteiger partial charge is 0.185 e. The predicted octanol–water partition coefficient (Wildman–Crippen LogP) is 5.88. The summed E-state index contributed by atoms with van der Waals surface area (Å²) in [6.45, 7) is 6.09. The maximum absolute atomic E-state index is 13.5. The molecule has 1 aromatic heterocycles. The van der Waals surface area contributed by atoms with Crippen molar-refractivity contribution in [1.82, 2.24) is 4.98 Å². The number of hydrogen-bond acceptors (Lipinski definition) is 2. The van der Waals surface area contributed by atoms with Gasteiger partial charge in [0.25, 0.3) is 0 Å². The molecule has 0 bridgehead atoms. The molecule has 2 aromatic carbocycles. The molecule has 3 aromatic rings. The number of aromatic amines is 1. The van der Waals surface area contributed by atoms with Gasteiger partial charge in [-0.1, -0.05) is 62.1 Å². The van der Waals surface area contributed by atoms with Crippen molar-refractivity contribution in [3.8, 4) is 0 Å². The van der Waals surface area contributed by atoms with E-state index in [9.17, 15) is 8.42 Å². The largest absolute Gasteiger partial charge is 0.358 e. The van der Waals surface area contributed by atoms with Crippen LogP contribution in [0.4, 0.5) is 0 Å². The second-order valence-electron chi connectivity index (χ2n) is 7.05. The molecule has 0 fully saturated rings. The lowest BCUT2D eigenvalue weighted by Gasteiger charge is -2.19. The van der Waals surface area contributed by atoms with E-state index >= 15 is 0 Å². The van der Waals surface area contributed by atoms with Crippen LogP contribution in [0.15, 0.2) is 53.4 Å². The lowest BCUT2D eigenvalue weighted by atomic mass is 10.0. The zero-order chi connectivity index (χ0) is 18.7. The topological polar surface area (TPSA) is 49.9 Å². The van der Waals surface area contributed by atoms with Crippen LogP contribution in [0.25, 0.3) is 10.9 Å². The lowest BCUT2D eigenvalue weighted by molar-refractivity contribution is 0.564. The van der Waals surface area contributed by atoms with Gasteiger partial charge in [0, 0.05) is 16.6 Å². The van der Waals surface area contributed by atoms with E-state index in [0.717, 1.165) is 47.0 Å². The quantitative estimate of drug-likeness (QED) is 0.529. The van der Waals surface area contributed by atoms with Gasteiger partial charge >= 0.3 is 0 Å². The van der Waals surface area contributed by atoms with Crippen molar-refractivity contribution in [1.29, 1.82) is 0 Å². The third-order valence-corrected chi connectivity index (χ3v) is 7.21.